The van der Waals surface area contributed by atoms with E-state index in [1.165, 1.54) is 0 Å². The van der Waals surface area contributed by atoms with E-state index in [1.54, 1.807) is 31.2 Å². The molecule has 0 bridgehead atoms. The second-order valence-corrected chi connectivity index (χ2v) is 4.31. The van der Waals surface area contributed by atoms with Gasteiger partial charge in [0.2, 0.25) is 0 Å². The third-order valence-corrected chi connectivity index (χ3v) is 3.01. The van der Waals surface area contributed by atoms with Crippen LogP contribution >= 0.6 is 0 Å². The number of rotatable bonds is 7. The molecule has 5 heteroatoms. The number of hydrogen-bond donors (Lipinski definition) is 1. The molecule has 5 nitrogen and oxygen atoms in total. The van der Waals surface area contributed by atoms with Gasteiger partial charge >= 0.3 is 5.97 Å². The highest BCUT2D eigenvalue weighted by atomic mass is 16.5. The molecule has 1 N–H and O–H groups in total. The minimum absolute atomic E-state index is 0.167. The van der Waals surface area contributed by atoms with Gasteiger partial charge in [-0.15, -0.1) is 0 Å². The van der Waals surface area contributed by atoms with Gasteiger partial charge in [0.15, 0.2) is 0 Å². The fourth-order valence-electron chi connectivity index (χ4n) is 1.96. The average Bonchev–Trinajstić information content (AvgIpc) is 2.45. The molecule has 0 saturated heterocycles. The number of phenolic OH excluding ortho intramolecular Hbond substituents is 1. The predicted octanol–water partition coefficient (Wildman–Crippen LogP) is 2.23. The second-order valence-electron chi connectivity index (χ2n) is 4.31. The first-order valence-corrected chi connectivity index (χ1v) is 6.70. The summed E-state index contributed by atoms with van der Waals surface area (Å²) in [5.41, 5.74) is 0.802. The summed E-state index contributed by atoms with van der Waals surface area (Å²) in [7, 11) is 0. The third kappa shape index (κ3) is 4.56. The number of nitrogens with zero attached hydrogens (tertiary/aromatic N) is 2. The van der Waals surface area contributed by atoms with Crippen molar-refractivity contribution in [3.8, 4) is 11.8 Å². The molecule has 0 fully saturated rings. The van der Waals surface area contributed by atoms with E-state index in [1.807, 2.05) is 11.8 Å². The van der Waals surface area contributed by atoms with Crippen LogP contribution in [-0.2, 0) is 9.53 Å². The van der Waals surface area contributed by atoms with Gasteiger partial charge in [0.25, 0.3) is 0 Å². The highest BCUT2D eigenvalue weighted by Gasteiger charge is 2.19. The Morgan fingerprint density at radius 1 is 1.40 bits per heavy atom. The van der Waals surface area contributed by atoms with E-state index in [0.29, 0.717) is 19.7 Å². The van der Waals surface area contributed by atoms with Gasteiger partial charge in [-0.25, -0.2) is 0 Å². The summed E-state index contributed by atoms with van der Waals surface area (Å²) in [4.78, 5) is 13.3. The van der Waals surface area contributed by atoms with Crippen LogP contribution in [0, 0.1) is 11.3 Å². The predicted molar refractivity (Wildman–Crippen MR) is 75.0 cm³/mol. The van der Waals surface area contributed by atoms with Gasteiger partial charge in [0.1, 0.15) is 11.8 Å². The maximum absolute atomic E-state index is 11.4. The van der Waals surface area contributed by atoms with Crippen LogP contribution in [0.2, 0.25) is 0 Å². The quantitative estimate of drug-likeness (QED) is 0.773. The maximum atomic E-state index is 11.4. The Balaban J connectivity index is 2.72. The van der Waals surface area contributed by atoms with E-state index in [-0.39, 0.29) is 18.1 Å². The van der Waals surface area contributed by atoms with Gasteiger partial charge in [-0.1, -0.05) is 19.1 Å². The lowest BCUT2D eigenvalue weighted by molar-refractivity contribution is -0.143. The van der Waals surface area contributed by atoms with Crippen molar-refractivity contribution in [3.05, 3.63) is 29.8 Å². The first-order chi connectivity index (χ1) is 9.62. The summed E-state index contributed by atoms with van der Waals surface area (Å²) in [6.45, 7) is 5.19. The Bertz CT molecular complexity index is 465. The molecule has 0 heterocycles. The lowest BCUT2D eigenvalue weighted by Gasteiger charge is -2.25. The van der Waals surface area contributed by atoms with E-state index in [2.05, 4.69) is 6.07 Å². The summed E-state index contributed by atoms with van der Waals surface area (Å²) in [6.07, 6.45) is 0.262. The standard InChI is InChI=1S/C15H20N2O3/c1-3-17(10-9-15(19)20-4-2)14(11-16)12-5-7-13(18)8-6-12/h5-8,14,18H,3-4,9-10H2,1-2H3. The smallest absolute Gasteiger partial charge is 0.307 e. The minimum Gasteiger partial charge on any atom is -0.508 e. The minimum atomic E-state index is -0.435. The van der Waals surface area contributed by atoms with Crippen LogP contribution in [0.3, 0.4) is 0 Å². The number of hydrogen-bond acceptors (Lipinski definition) is 5. The molecular formula is C15H20N2O3. The molecule has 1 aromatic rings. The normalized spacial score (nSPS) is 11.9. The van der Waals surface area contributed by atoms with Gasteiger partial charge in [-0.2, -0.15) is 5.26 Å². The zero-order valence-corrected chi connectivity index (χ0v) is 11.9. The van der Waals surface area contributed by atoms with Crippen molar-refractivity contribution in [2.24, 2.45) is 0 Å². The molecule has 0 aliphatic carbocycles. The van der Waals surface area contributed by atoms with Crippen molar-refractivity contribution in [1.29, 1.82) is 5.26 Å². The van der Waals surface area contributed by atoms with Crippen LogP contribution in [0.4, 0.5) is 0 Å². The van der Waals surface area contributed by atoms with E-state index in [0.717, 1.165) is 5.56 Å². The highest BCUT2D eigenvalue weighted by Crippen LogP contribution is 2.22. The van der Waals surface area contributed by atoms with E-state index in [9.17, 15) is 15.2 Å². The van der Waals surface area contributed by atoms with Gasteiger partial charge in [0, 0.05) is 6.54 Å². The molecule has 0 radical (unpaired) electrons. The van der Waals surface area contributed by atoms with Crippen molar-refractivity contribution in [1.82, 2.24) is 4.90 Å². The number of ether oxygens (including phenoxy) is 1. The van der Waals surface area contributed by atoms with Gasteiger partial charge < -0.3 is 9.84 Å². The molecule has 0 spiro atoms. The molecule has 108 valence electrons. The first-order valence-electron chi connectivity index (χ1n) is 6.70. The zero-order chi connectivity index (χ0) is 15.0. The number of benzene rings is 1. The van der Waals surface area contributed by atoms with Crippen LogP contribution in [0.25, 0.3) is 0 Å². The van der Waals surface area contributed by atoms with Crippen molar-refractivity contribution < 1.29 is 14.6 Å². The highest BCUT2D eigenvalue weighted by molar-refractivity contribution is 5.69. The van der Waals surface area contributed by atoms with E-state index < -0.39 is 6.04 Å². The van der Waals surface area contributed by atoms with Crippen LogP contribution in [0.5, 0.6) is 5.75 Å². The van der Waals surface area contributed by atoms with Gasteiger partial charge in [-0.3, -0.25) is 9.69 Å². The summed E-state index contributed by atoms with van der Waals surface area (Å²) < 4.78 is 4.89. The number of nitriles is 1. The molecule has 20 heavy (non-hydrogen) atoms. The van der Waals surface area contributed by atoms with Crippen molar-refractivity contribution >= 4 is 5.97 Å². The molecule has 1 rings (SSSR count). The molecule has 1 unspecified atom stereocenters. The topological polar surface area (TPSA) is 73.6 Å². The van der Waals surface area contributed by atoms with Crippen molar-refractivity contribution in [2.75, 3.05) is 19.7 Å². The average molecular weight is 276 g/mol. The Hall–Kier alpha value is -2.06. The fraction of sp³-hybridized carbons (Fsp3) is 0.467. The van der Waals surface area contributed by atoms with Crippen LogP contribution in [0.15, 0.2) is 24.3 Å². The van der Waals surface area contributed by atoms with Gasteiger partial charge in [0.05, 0.1) is 19.1 Å². The number of aromatic hydroxyl groups is 1. The van der Waals surface area contributed by atoms with Gasteiger partial charge in [-0.05, 0) is 31.2 Å². The van der Waals surface area contributed by atoms with E-state index in [4.69, 9.17) is 4.74 Å². The second kappa shape index (κ2) is 8.18. The number of phenols is 1. The number of carbonyl (C=O) groups excluding carboxylic acids is 1. The van der Waals surface area contributed by atoms with Crippen molar-refractivity contribution in [3.63, 3.8) is 0 Å². The zero-order valence-electron chi connectivity index (χ0n) is 11.9. The lowest BCUT2D eigenvalue weighted by Crippen LogP contribution is -2.30. The summed E-state index contributed by atoms with van der Waals surface area (Å²) >= 11 is 0. The first kappa shape index (κ1) is 16.0. The Morgan fingerprint density at radius 2 is 2.05 bits per heavy atom. The Kier molecular flexibility index (Phi) is 6.54. The molecule has 0 aliphatic heterocycles. The summed E-state index contributed by atoms with van der Waals surface area (Å²) in [5, 5.41) is 18.6. The van der Waals surface area contributed by atoms with Crippen LogP contribution in [0.1, 0.15) is 31.9 Å². The summed E-state index contributed by atoms with van der Waals surface area (Å²) in [6, 6.07) is 8.35. The fourth-order valence-corrected chi connectivity index (χ4v) is 1.96. The monoisotopic (exact) mass is 276 g/mol. The molecule has 0 amide bonds. The molecule has 0 aromatic heterocycles. The number of esters is 1. The van der Waals surface area contributed by atoms with Crippen molar-refractivity contribution in [2.45, 2.75) is 26.3 Å². The maximum Gasteiger partial charge on any atom is 0.307 e. The molecule has 0 saturated carbocycles. The Labute approximate surface area is 119 Å². The molecule has 1 aromatic carbocycles. The van der Waals surface area contributed by atoms with Crippen LogP contribution in [-0.4, -0.2) is 35.7 Å². The third-order valence-electron chi connectivity index (χ3n) is 3.01. The largest absolute Gasteiger partial charge is 0.508 e. The SMILES string of the molecule is CCOC(=O)CCN(CC)C(C#N)c1ccc(O)cc1. The molecule has 1 atom stereocenters. The van der Waals surface area contributed by atoms with Crippen LogP contribution < -0.4 is 0 Å². The molecule has 0 aliphatic rings. The van der Waals surface area contributed by atoms with E-state index >= 15 is 0 Å². The Morgan fingerprint density at radius 3 is 2.55 bits per heavy atom. The lowest BCUT2D eigenvalue weighted by atomic mass is 10.1. The number of carbonyl (C=O) groups is 1. The summed E-state index contributed by atoms with van der Waals surface area (Å²) in [5.74, 6) is -0.0895. The molecular weight excluding hydrogens is 256 g/mol.